The molecule has 0 radical (unpaired) electrons. The molecule has 1 amide bonds. The molecule has 2 N–H and O–H groups in total. The Balaban J connectivity index is 2.01. The van der Waals surface area contributed by atoms with Crippen molar-refractivity contribution in [3.63, 3.8) is 0 Å². The average molecular weight is 340 g/mol. The van der Waals surface area contributed by atoms with Crippen LogP contribution in [0.15, 0.2) is 48.5 Å². The molecule has 3 aromatic rings. The van der Waals surface area contributed by atoms with Crippen molar-refractivity contribution in [1.82, 2.24) is 15.3 Å². The van der Waals surface area contributed by atoms with Crippen molar-refractivity contribution in [3.8, 4) is 0 Å². The summed E-state index contributed by atoms with van der Waals surface area (Å²) in [6.45, 7) is -0.0744. The van der Waals surface area contributed by atoms with Crippen LogP contribution in [0.5, 0.6) is 0 Å². The number of aromatic amines is 1. The van der Waals surface area contributed by atoms with Gasteiger partial charge < -0.3 is 15.0 Å². The van der Waals surface area contributed by atoms with E-state index >= 15 is 0 Å². The van der Waals surface area contributed by atoms with E-state index in [1.807, 2.05) is 30.3 Å². The number of carbonyl (C=O) groups excluding carboxylic acids is 1. The first-order valence-electron chi connectivity index (χ1n) is 7.56. The van der Waals surface area contributed by atoms with E-state index in [2.05, 4.69) is 15.3 Å². The molecule has 0 fully saturated rings. The van der Waals surface area contributed by atoms with Gasteiger partial charge in [0.05, 0.1) is 16.0 Å². The Kier molecular flexibility index (Phi) is 4.71. The van der Waals surface area contributed by atoms with Gasteiger partial charge in [0.25, 0.3) is 5.69 Å². The van der Waals surface area contributed by atoms with Crippen LogP contribution in [-0.2, 0) is 9.53 Å². The third kappa shape index (κ3) is 3.64. The van der Waals surface area contributed by atoms with Crippen molar-refractivity contribution < 1.29 is 14.5 Å². The predicted molar refractivity (Wildman–Crippen MR) is 91.1 cm³/mol. The lowest BCUT2D eigenvalue weighted by Gasteiger charge is -2.17. The number of benzene rings is 2. The van der Waals surface area contributed by atoms with Crippen LogP contribution in [0.4, 0.5) is 5.69 Å². The zero-order valence-electron chi connectivity index (χ0n) is 13.4. The summed E-state index contributed by atoms with van der Waals surface area (Å²) in [6, 6.07) is 13.2. The molecule has 0 aliphatic rings. The van der Waals surface area contributed by atoms with Crippen molar-refractivity contribution in [2.45, 2.75) is 6.04 Å². The van der Waals surface area contributed by atoms with Crippen molar-refractivity contribution in [1.29, 1.82) is 0 Å². The van der Waals surface area contributed by atoms with Crippen LogP contribution < -0.4 is 5.32 Å². The quantitative estimate of drug-likeness (QED) is 0.528. The van der Waals surface area contributed by atoms with Gasteiger partial charge in [-0.25, -0.2) is 4.98 Å². The second-order valence-corrected chi connectivity index (χ2v) is 5.42. The Morgan fingerprint density at radius 1 is 1.32 bits per heavy atom. The maximum atomic E-state index is 12.0. The minimum absolute atomic E-state index is 0.0256. The molecule has 128 valence electrons. The van der Waals surface area contributed by atoms with Crippen molar-refractivity contribution in [2.24, 2.45) is 0 Å². The molecule has 0 spiro atoms. The molecule has 25 heavy (non-hydrogen) atoms. The highest BCUT2D eigenvalue weighted by Gasteiger charge is 2.21. The summed E-state index contributed by atoms with van der Waals surface area (Å²) in [7, 11) is 1.44. The second kappa shape index (κ2) is 7.10. The fourth-order valence-electron chi connectivity index (χ4n) is 2.56. The lowest BCUT2D eigenvalue weighted by molar-refractivity contribution is -0.384. The van der Waals surface area contributed by atoms with Gasteiger partial charge in [0.15, 0.2) is 0 Å². The number of nitrogens with zero attached hydrogens (tertiary/aromatic N) is 2. The van der Waals surface area contributed by atoms with E-state index in [4.69, 9.17) is 4.74 Å². The predicted octanol–water partition coefficient (Wildman–Crippen LogP) is 2.32. The van der Waals surface area contributed by atoms with E-state index in [1.54, 1.807) is 6.07 Å². The minimum atomic E-state index is -0.518. The lowest BCUT2D eigenvalue weighted by atomic mass is 10.1. The fourth-order valence-corrected chi connectivity index (χ4v) is 2.56. The summed E-state index contributed by atoms with van der Waals surface area (Å²) in [5.41, 5.74) is 1.93. The SMILES string of the molecule is COCC(=O)NC(c1ccccc1)c1nc2ccc([N+](=O)[O-])cc2[nH]1. The molecule has 0 bridgehead atoms. The normalized spacial score (nSPS) is 12.0. The van der Waals surface area contributed by atoms with Crippen molar-refractivity contribution in [3.05, 3.63) is 70.0 Å². The molecule has 0 saturated heterocycles. The number of imidazole rings is 1. The van der Waals surface area contributed by atoms with E-state index in [9.17, 15) is 14.9 Å². The number of hydrogen-bond acceptors (Lipinski definition) is 5. The molecule has 1 atom stereocenters. The largest absolute Gasteiger partial charge is 0.375 e. The number of hydrogen-bond donors (Lipinski definition) is 2. The highest BCUT2D eigenvalue weighted by molar-refractivity contribution is 5.80. The first-order valence-corrected chi connectivity index (χ1v) is 7.56. The Bertz CT molecular complexity index is 907. The Morgan fingerprint density at radius 2 is 2.08 bits per heavy atom. The molecule has 8 nitrogen and oxygen atoms in total. The van der Waals surface area contributed by atoms with Gasteiger partial charge in [-0.2, -0.15) is 0 Å². The summed E-state index contributed by atoms with van der Waals surface area (Å²) < 4.78 is 4.86. The number of H-pyrrole nitrogens is 1. The van der Waals surface area contributed by atoms with E-state index in [-0.39, 0.29) is 18.2 Å². The van der Waals surface area contributed by atoms with Crippen LogP contribution >= 0.6 is 0 Å². The zero-order chi connectivity index (χ0) is 17.8. The van der Waals surface area contributed by atoms with Crippen molar-refractivity contribution >= 4 is 22.6 Å². The Morgan fingerprint density at radius 3 is 2.76 bits per heavy atom. The van der Waals surface area contributed by atoms with Gasteiger partial charge in [-0.15, -0.1) is 0 Å². The number of non-ortho nitro benzene ring substituents is 1. The highest BCUT2D eigenvalue weighted by Crippen LogP contribution is 2.24. The third-order valence-electron chi connectivity index (χ3n) is 3.68. The van der Waals surface area contributed by atoms with Gasteiger partial charge in [-0.1, -0.05) is 30.3 Å². The van der Waals surface area contributed by atoms with Crippen LogP contribution in [0.25, 0.3) is 11.0 Å². The lowest BCUT2D eigenvalue weighted by Crippen LogP contribution is -2.32. The summed E-state index contributed by atoms with van der Waals surface area (Å²) in [4.78, 5) is 30.0. The number of amides is 1. The maximum Gasteiger partial charge on any atom is 0.271 e. The molecular weight excluding hydrogens is 324 g/mol. The number of aromatic nitrogens is 2. The topological polar surface area (TPSA) is 110 Å². The molecule has 1 aromatic heterocycles. The molecule has 1 heterocycles. The van der Waals surface area contributed by atoms with E-state index in [0.717, 1.165) is 5.56 Å². The third-order valence-corrected chi connectivity index (χ3v) is 3.68. The van der Waals surface area contributed by atoms with Gasteiger partial charge in [0, 0.05) is 19.2 Å². The number of nitro groups is 1. The highest BCUT2D eigenvalue weighted by atomic mass is 16.6. The molecule has 0 aliphatic carbocycles. The molecule has 8 heteroatoms. The first-order chi connectivity index (χ1) is 12.1. The van der Waals surface area contributed by atoms with Crippen LogP contribution in [0.2, 0.25) is 0 Å². The zero-order valence-corrected chi connectivity index (χ0v) is 13.4. The average Bonchev–Trinajstić information content (AvgIpc) is 3.03. The van der Waals surface area contributed by atoms with E-state index in [0.29, 0.717) is 16.9 Å². The minimum Gasteiger partial charge on any atom is -0.375 e. The first kappa shape index (κ1) is 16.6. The van der Waals surface area contributed by atoms with Crippen molar-refractivity contribution in [2.75, 3.05) is 13.7 Å². The number of fused-ring (bicyclic) bond motifs is 1. The fraction of sp³-hybridized carbons (Fsp3) is 0.176. The summed E-state index contributed by atoms with van der Waals surface area (Å²) in [6.07, 6.45) is 0. The number of carbonyl (C=O) groups is 1. The van der Waals surface area contributed by atoms with E-state index < -0.39 is 11.0 Å². The summed E-state index contributed by atoms with van der Waals surface area (Å²) in [5, 5.41) is 13.8. The van der Waals surface area contributed by atoms with Crippen LogP contribution in [-0.4, -0.2) is 34.5 Å². The molecule has 2 aromatic carbocycles. The smallest absolute Gasteiger partial charge is 0.271 e. The van der Waals surface area contributed by atoms with Gasteiger partial charge in [-0.3, -0.25) is 14.9 Å². The van der Waals surface area contributed by atoms with Gasteiger partial charge >= 0.3 is 0 Å². The van der Waals surface area contributed by atoms with Crippen LogP contribution in [0, 0.1) is 10.1 Å². The number of nitrogens with one attached hydrogen (secondary N) is 2. The monoisotopic (exact) mass is 340 g/mol. The number of methoxy groups -OCH3 is 1. The molecular formula is C17H16N4O4. The number of ether oxygens (including phenoxy) is 1. The summed E-state index contributed by atoms with van der Waals surface area (Å²) in [5.74, 6) is 0.203. The van der Waals surface area contributed by atoms with Gasteiger partial charge in [0.2, 0.25) is 5.91 Å². The van der Waals surface area contributed by atoms with Gasteiger partial charge in [0.1, 0.15) is 18.5 Å². The van der Waals surface area contributed by atoms with Gasteiger partial charge in [-0.05, 0) is 11.6 Å². The van der Waals surface area contributed by atoms with Crippen LogP contribution in [0.3, 0.4) is 0 Å². The molecule has 3 rings (SSSR count). The standard InChI is InChI=1S/C17H16N4O4/c1-25-10-15(22)20-16(11-5-3-2-4-6-11)17-18-13-8-7-12(21(23)24)9-14(13)19-17/h2-9,16H,10H2,1H3,(H,18,19)(H,20,22). The summed E-state index contributed by atoms with van der Waals surface area (Å²) >= 11 is 0. The van der Waals surface area contributed by atoms with E-state index in [1.165, 1.54) is 19.2 Å². The molecule has 1 unspecified atom stereocenters. The Hall–Kier alpha value is -3.26. The maximum absolute atomic E-state index is 12.0. The molecule has 0 aliphatic heterocycles. The number of rotatable bonds is 6. The Labute approximate surface area is 143 Å². The number of nitro benzene ring substituents is 1. The van der Waals surface area contributed by atoms with Crippen LogP contribution in [0.1, 0.15) is 17.4 Å². The molecule has 0 saturated carbocycles. The second-order valence-electron chi connectivity index (χ2n) is 5.42.